The molecule has 0 fully saturated rings. The van der Waals surface area contributed by atoms with E-state index in [9.17, 15) is 4.39 Å². The molecule has 1 atom stereocenters. The second-order valence-corrected chi connectivity index (χ2v) is 4.49. The van der Waals surface area contributed by atoms with Crippen molar-refractivity contribution in [3.8, 4) is 16.9 Å². The van der Waals surface area contributed by atoms with Gasteiger partial charge in [0, 0.05) is 6.04 Å². The van der Waals surface area contributed by atoms with E-state index in [1.165, 1.54) is 18.7 Å². The molecule has 0 aliphatic heterocycles. The largest absolute Gasteiger partial charge is 0.494 e. The Kier molecular flexibility index (Phi) is 4.17. The Bertz CT molecular complexity index is 568. The molecule has 0 bridgehead atoms. The number of hydrogen-bond acceptors (Lipinski definition) is 2. The zero-order valence-electron chi connectivity index (χ0n) is 11.4. The first kappa shape index (κ1) is 13.6. The average molecular weight is 259 g/mol. The van der Waals surface area contributed by atoms with E-state index < -0.39 is 0 Å². The van der Waals surface area contributed by atoms with Gasteiger partial charge in [0.2, 0.25) is 0 Å². The van der Waals surface area contributed by atoms with Gasteiger partial charge < -0.3 is 10.1 Å². The van der Waals surface area contributed by atoms with Crippen LogP contribution in [0.3, 0.4) is 0 Å². The molecule has 2 aromatic carbocycles. The predicted octanol–water partition coefficient (Wildman–Crippen LogP) is 3.78. The van der Waals surface area contributed by atoms with Crippen LogP contribution < -0.4 is 10.1 Å². The van der Waals surface area contributed by atoms with Crippen molar-refractivity contribution in [2.75, 3.05) is 14.2 Å². The fraction of sp³-hybridized carbons (Fsp3) is 0.250. The number of rotatable bonds is 4. The molecule has 0 aromatic heterocycles. The fourth-order valence-corrected chi connectivity index (χ4v) is 2.00. The van der Waals surface area contributed by atoms with Crippen molar-refractivity contribution >= 4 is 0 Å². The van der Waals surface area contributed by atoms with Crippen LogP contribution in [0.1, 0.15) is 18.5 Å². The maximum atomic E-state index is 13.7. The van der Waals surface area contributed by atoms with E-state index in [2.05, 4.69) is 24.4 Å². The molecule has 0 aliphatic rings. The fourth-order valence-electron chi connectivity index (χ4n) is 2.00. The first-order chi connectivity index (χ1) is 9.15. The van der Waals surface area contributed by atoms with Gasteiger partial charge in [0.05, 0.1) is 7.11 Å². The third-order valence-corrected chi connectivity index (χ3v) is 3.30. The first-order valence-corrected chi connectivity index (χ1v) is 6.27. The molecular formula is C16H18FNO. The number of halogens is 1. The van der Waals surface area contributed by atoms with Crippen LogP contribution in [0, 0.1) is 5.82 Å². The molecule has 0 radical (unpaired) electrons. The molecule has 2 nitrogen and oxygen atoms in total. The van der Waals surface area contributed by atoms with E-state index in [1.54, 1.807) is 6.07 Å². The first-order valence-electron chi connectivity index (χ1n) is 6.27. The van der Waals surface area contributed by atoms with Gasteiger partial charge in [-0.2, -0.15) is 0 Å². The molecular weight excluding hydrogens is 241 g/mol. The number of methoxy groups -OCH3 is 1. The minimum absolute atomic E-state index is 0.267. The molecule has 0 heterocycles. The van der Waals surface area contributed by atoms with Gasteiger partial charge in [-0.1, -0.05) is 24.3 Å². The number of benzene rings is 2. The highest BCUT2D eigenvalue weighted by Gasteiger charge is 2.07. The van der Waals surface area contributed by atoms with E-state index in [1.807, 2.05) is 25.2 Å². The van der Waals surface area contributed by atoms with Crippen LogP contribution in [0.25, 0.3) is 11.1 Å². The summed E-state index contributed by atoms with van der Waals surface area (Å²) in [4.78, 5) is 0. The van der Waals surface area contributed by atoms with Gasteiger partial charge in [-0.05, 0) is 48.9 Å². The summed E-state index contributed by atoms with van der Waals surface area (Å²) in [5.74, 6) is -0.0736. The molecule has 100 valence electrons. The Hall–Kier alpha value is -1.87. The number of hydrogen-bond donors (Lipinski definition) is 1. The van der Waals surface area contributed by atoms with Crippen LogP contribution in [-0.2, 0) is 0 Å². The molecule has 19 heavy (non-hydrogen) atoms. The summed E-state index contributed by atoms with van der Waals surface area (Å²) in [6.07, 6.45) is 0. The molecule has 2 rings (SSSR count). The lowest BCUT2D eigenvalue weighted by Gasteiger charge is -2.12. The van der Waals surface area contributed by atoms with Crippen molar-refractivity contribution in [3.05, 3.63) is 53.8 Å². The zero-order chi connectivity index (χ0) is 13.8. The maximum absolute atomic E-state index is 13.7. The molecule has 0 spiro atoms. The topological polar surface area (TPSA) is 21.3 Å². The average Bonchev–Trinajstić information content (AvgIpc) is 2.46. The van der Waals surface area contributed by atoms with E-state index in [-0.39, 0.29) is 17.6 Å². The summed E-state index contributed by atoms with van der Waals surface area (Å²) in [6.45, 7) is 2.09. The lowest BCUT2D eigenvalue weighted by atomic mass is 10.00. The summed E-state index contributed by atoms with van der Waals surface area (Å²) >= 11 is 0. The van der Waals surface area contributed by atoms with Crippen molar-refractivity contribution < 1.29 is 9.13 Å². The Morgan fingerprint density at radius 2 is 1.84 bits per heavy atom. The Morgan fingerprint density at radius 3 is 2.47 bits per heavy atom. The molecule has 1 N–H and O–H groups in total. The second kappa shape index (κ2) is 5.85. The van der Waals surface area contributed by atoms with Crippen molar-refractivity contribution in [1.82, 2.24) is 5.32 Å². The third kappa shape index (κ3) is 2.93. The molecule has 0 amide bonds. The minimum Gasteiger partial charge on any atom is -0.494 e. The Balaban J connectivity index is 2.39. The van der Waals surface area contributed by atoms with Gasteiger partial charge in [0.25, 0.3) is 0 Å². The van der Waals surface area contributed by atoms with Gasteiger partial charge >= 0.3 is 0 Å². The highest BCUT2D eigenvalue weighted by atomic mass is 19.1. The lowest BCUT2D eigenvalue weighted by Crippen LogP contribution is -2.12. The minimum atomic E-state index is -0.341. The van der Waals surface area contributed by atoms with E-state index in [0.717, 1.165) is 11.1 Å². The van der Waals surface area contributed by atoms with Crippen LogP contribution in [-0.4, -0.2) is 14.2 Å². The van der Waals surface area contributed by atoms with E-state index in [0.29, 0.717) is 0 Å². The standard InChI is InChI=1S/C16H18FNO/c1-11(18-2)12-5-4-6-13(9-12)14-7-8-16(19-3)15(17)10-14/h4-11,18H,1-3H3. The Morgan fingerprint density at radius 1 is 1.11 bits per heavy atom. The molecule has 1 unspecified atom stereocenters. The molecule has 0 saturated heterocycles. The van der Waals surface area contributed by atoms with Crippen LogP contribution in [0.2, 0.25) is 0 Å². The second-order valence-electron chi connectivity index (χ2n) is 4.49. The highest BCUT2D eigenvalue weighted by Crippen LogP contribution is 2.27. The predicted molar refractivity (Wildman–Crippen MR) is 75.9 cm³/mol. The summed E-state index contributed by atoms with van der Waals surface area (Å²) in [7, 11) is 3.39. The lowest BCUT2D eigenvalue weighted by molar-refractivity contribution is 0.386. The zero-order valence-corrected chi connectivity index (χ0v) is 11.4. The van der Waals surface area contributed by atoms with Crippen molar-refractivity contribution in [2.45, 2.75) is 13.0 Å². The van der Waals surface area contributed by atoms with Crippen LogP contribution >= 0.6 is 0 Å². The normalized spacial score (nSPS) is 12.2. The van der Waals surface area contributed by atoms with Crippen molar-refractivity contribution in [2.24, 2.45) is 0 Å². The molecule has 3 heteroatoms. The third-order valence-electron chi connectivity index (χ3n) is 3.30. The number of ether oxygens (including phenoxy) is 1. The monoisotopic (exact) mass is 259 g/mol. The van der Waals surface area contributed by atoms with Crippen LogP contribution in [0.4, 0.5) is 4.39 Å². The van der Waals surface area contributed by atoms with Gasteiger partial charge in [0.15, 0.2) is 11.6 Å². The molecule has 2 aromatic rings. The van der Waals surface area contributed by atoms with Crippen molar-refractivity contribution in [1.29, 1.82) is 0 Å². The maximum Gasteiger partial charge on any atom is 0.165 e. The van der Waals surface area contributed by atoms with Gasteiger partial charge in [-0.3, -0.25) is 0 Å². The summed E-state index contributed by atoms with van der Waals surface area (Å²) in [5, 5.41) is 3.20. The molecule has 0 saturated carbocycles. The van der Waals surface area contributed by atoms with Crippen LogP contribution in [0.5, 0.6) is 5.75 Å². The van der Waals surface area contributed by atoms with Gasteiger partial charge in [0.1, 0.15) is 0 Å². The summed E-state index contributed by atoms with van der Waals surface area (Å²) in [6, 6.07) is 13.4. The quantitative estimate of drug-likeness (QED) is 0.902. The summed E-state index contributed by atoms with van der Waals surface area (Å²) in [5.41, 5.74) is 3.03. The smallest absolute Gasteiger partial charge is 0.165 e. The molecule has 0 aliphatic carbocycles. The SMILES string of the molecule is CNC(C)c1cccc(-c2ccc(OC)c(F)c2)c1. The van der Waals surface area contributed by atoms with Crippen LogP contribution in [0.15, 0.2) is 42.5 Å². The highest BCUT2D eigenvalue weighted by molar-refractivity contribution is 5.65. The van der Waals surface area contributed by atoms with Crippen molar-refractivity contribution in [3.63, 3.8) is 0 Å². The number of nitrogens with one attached hydrogen (secondary N) is 1. The Labute approximate surface area is 113 Å². The van der Waals surface area contributed by atoms with Gasteiger partial charge in [-0.25, -0.2) is 4.39 Å². The summed E-state index contributed by atoms with van der Waals surface area (Å²) < 4.78 is 18.7. The van der Waals surface area contributed by atoms with Gasteiger partial charge in [-0.15, -0.1) is 0 Å². The van der Waals surface area contributed by atoms with E-state index >= 15 is 0 Å². The van der Waals surface area contributed by atoms with E-state index in [4.69, 9.17) is 4.74 Å².